The molecule has 124 heavy (non-hydrogen) atoms. The third-order valence-corrected chi connectivity index (χ3v) is 20.0. The maximum atomic E-state index is 14.4. The van der Waals surface area contributed by atoms with Gasteiger partial charge in [0, 0.05) is 31.6 Å². The maximum absolute atomic E-state index is 14.4. The molecule has 0 aromatic heterocycles. The first-order chi connectivity index (χ1) is 58.8. The van der Waals surface area contributed by atoms with Gasteiger partial charge in [0.2, 0.25) is 76.8 Å². The number of phenols is 1. The van der Waals surface area contributed by atoms with Gasteiger partial charge in [-0.2, -0.15) is 0 Å². The molecule has 43 nitrogen and oxygen atoms in total. The second-order valence-electron chi connectivity index (χ2n) is 31.0. The molecule has 0 saturated carbocycles. The van der Waals surface area contributed by atoms with Crippen LogP contribution >= 0.6 is 0 Å². The summed E-state index contributed by atoms with van der Waals surface area (Å²) in [5.74, 6) is -19.6. The number of unbranched alkanes of at least 4 members (excludes halogenated alkanes) is 2. The van der Waals surface area contributed by atoms with Crippen LogP contribution in [0.25, 0.3) is 0 Å². The zero-order valence-electron chi connectivity index (χ0n) is 71.1. The van der Waals surface area contributed by atoms with Crippen LogP contribution in [-0.2, 0) is 89.6 Å². The lowest BCUT2D eigenvalue weighted by Crippen LogP contribution is -2.63. The number of carbonyl (C=O) groups excluding carboxylic acids is 17. The number of nitrogens with one attached hydrogen (secondary N) is 16. The van der Waals surface area contributed by atoms with Gasteiger partial charge in [-0.05, 0) is 150 Å². The van der Waals surface area contributed by atoms with Crippen molar-refractivity contribution >= 4 is 106 Å². The molecule has 43 heteroatoms. The average Bonchev–Trinajstić information content (AvgIpc) is 0.836. The number of methoxy groups -OCH3 is 1. The Hall–Kier alpha value is -12.0. The fourth-order valence-corrected chi connectivity index (χ4v) is 12.7. The molecule has 30 N–H and O–H groups in total. The van der Waals surface area contributed by atoms with E-state index in [1.54, 1.807) is 71.9 Å². The van der Waals surface area contributed by atoms with Gasteiger partial charge in [0.15, 0.2) is 0 Å². The maximum Gasteiger partial charge on any atom is 0.313 e. The van der Waals surface area contributed by atoms with Crippen LogP contribution in [-0.4, -0.2) is 252 Å². The second-order valence-corrected chi connectivity index (χ2v) is 31.0. The van der Waals surface area contributed by atoms with Gasteiger partial charge in [-0.3, -0.25) is 92.4 Å². The summed E-state index contributed by atoms with van der Waals surface area (Å²) < 4.78 is 5.43. The molecular weight excluding hydrogens is 1620 g/mol. The molecule has 2 bridgehead atoms. The van der Waals surface area contributed by atoms with Crippen molar-refractivity contribution in [2.75, 3.05) is 51.8 Å². The van der Waals surface area contributed by atoms with Gasteiger partial charge in [-0.25, -0.2) is 0 Å². The number of aliphatic hydroxyl groups is 3. The lowest BCUT2D eigenvalue weighted by Gasteiger charge is -2.29. The molecule has 3 aromatic rings. The van der Waals surface area contributed by atoms with Crippen molar-refractivity contribution in [2.24, 2.45) is 46.4 Å². The molecule has 0 aliphatic carbocycles. The van der Waals surface area contributed by atoms with E-state index in [4.69, 9.17) is 33.4 Å². The molecule has 1 heterocycles. The van der Waals surface area contributed by atoms with Gasteiger partial charge >= 0.3 is 11.8 Å². The van der Waals surface area contributed by atoms with Crippen molar-refractivity contribution < 1.29 is 107 Å². The number of hydrogen-bond donors (Lipinski definition) is 25. The monoisotopic (exact) mass is 1740 g/mol. The van der Waals surface area contributed by atoms with Gasteiger partial charge in [-0.1, -0.05) is 90.4 Å². The number of rotatable bonds is 23. The van der Waals surface area contributed by atoms with E-state index in [1.807, 2.05) is 0 Å². The van der Waals surface area contributed by atoms with Crippen LogP contribution < -0.4 is 119 Å². The van der Waals surface area contributed by atoms with Crippen molar-refractivity contribution in [2.45, 2.75) is 229 Å². The number of hydrogen-bond acceptors (Lipinski definition) is 26. The minimum Gasteiger partial charge on any atom is -0.508 e. The molecule has 0 unspecified atom stereocenters. The van der Waals surface area contributed by atoms with E-state index in [0.717, 1.165) is 13.0 Å². The Morgan fingerprint density at radius 3 is 1.45 bits per heavy atom. The number of ether oxygens (including phenoxy) is 1. The first kappa shape index (κ1) is 104. The van der Waals surface area contributed by atoms with Crippen LogP contribution in [0.2, 0.25) is 0 Å². The number of aromatic hydroxyl groups is 1. The Morgan fingerprint density at radius 1 is 0.468 bits per heavy atom. The standard InChI is InChI=1S/C81H125N21O22/c1-9-44(6)64-78(120)93-55(35-42(2)3)71(113)96-59(40-103)74(116)97-60(41-104)75(117)100-65(45(7)105)79(121)94-58(39-62(86)107)73(115)98-63(43(4)5)77(119)88-34-18-21-51(84)67(109)90-54(24-14-16-32-83)70(112)92-57(36-46-19-11-10-12-20-46)76(118)102-101-66(108)50-38-48(27-30-61(50)124-8)89-80(122)81(123)95-56(37-47-25-28-49(106)29-26-47)72(114)91-53(23-13-15-31-82)69(111)87-33-17-22-52(85)68(110)99-64/h10-12,19-20,25-30,38,42-45,51-60,63-65,103-106H,9,13-18,21-24,31-37,39-41,82-85H2,1-8H3,(H2,86,107)(H,87,111)(H,88,119)(H,89,122)(H,90,109)(H,91,114)(H,92,112)(H,93,120)(H,94,121)(H,95,123)(H,96,113)(H,97,116)(H,98,115)(H,99,110)(H,100,117)(H,101,108)(H,102,118)/t44-,45+,51-,52-,53-,54-,55-,56-,57-,58-,59-,60-,63-,64-,65-/m0/s1. The van der Waals surface area contributed by atoms with Crippen LogP contribution in [0.15, 0.2) is 72.8 Å². The molecule has 3 aromatic carbocycles. The highest BCUT2D eigenvalue weighted by atomic mass is 16.5. The SMILES string of the molecule is CC[C@H](C)[C@@H]1NC(=O)[C@@H](N)CCCNC(=O)[C@H](CCCCN)NC(=O)[C@H](Cc2ccc(O)cc2)NC(=O)C(=O)Nc2ccc(OC)c(c2)C(=O)NNC(=O)[C@H](Cc2ccccc2)NC(=O)[C@H](CCCCN)NC(=O)[C@@H](N)CCCNC(=O)[C@H](C(C)C)NC(=O)[C@H](CC(N)=O)NC(=O)[C@H]([C@@H](C)O)NC(=O)[C@H](CO)NC(=O)[C@H](CO)NC(=O)[C@H](CC(C)C)NC1=O. The van der Waals surface area contributed by atoms with Crippen molar-refractivity contribution in [3.05, 3.63) is 89.5 Å². The first-order valence-electron chi connectivity index (χ1n) is 41.2. The summed E-state index contributed by atoms with van der Waals surface area (Å²) in [6.45, 7) is 8.68. The molecular formula is C81H125N21O22. The highest BCUT2D eigenvalue weighted by molar-refractivity contribution is 6.40. The van der Waals surface area contributed by atoms with Crippen LogP contribution in [0.4, 0.5) is 5.69 Å². The van der Waals surface area contributed by atoms with E-state index in [0.29, 0.717) is 43.2 Å². The van der Waals surface area contributed by atoms with E-state index < -0.39 is 217 Å². The zero-order chi connectivity index (χ0) is 92.4. The summed E-state index contributed by atoms with van der Waals surface area (Å²) in [4.78, 5) is 237. The van der Waals surface area contributed by atoms with Crippen LogP contribution in [0.3, 0.4) is 0 Å². The number of nitrogens with two attached hydrogens (primary N) is 5. The van der Waals surface area contributed by atoms with Gasteiger partial charge in [0.05, 0.1) is 50.5 Å². The topological polar surface area (TPSA) is 703 Å². The predicted molar refractivity (Wildman–Crippen MR) is 450 cm³/mol. The average molecular weight is 1750 g/mol. The Kier molecular flexibility index (Phi) is 45.2. The zero-order valence-corrected chi connectivity index (χ0v) is 71.1. The summed E-state index contributed by atoms with van der Waals surface area (Å²) in [5.41, 5.74) is 34.8. The fraction of sp³-hybridized carbons (Fsp3) is 0.568. The summed E-state index contributed by atoms with van der Waals surface area (Å²) in [6.07, 6.45) is -1.66. The summed E-state index contributed by atoms with van der Waals surface area (Å²) in [6, 6.07) is -2.70. The number of primary amides is 1. The minimum absolute atomic E-state index is 0.00605. The molecule has 4 rings (SSSR count). The number of hydrazine groups is 1. The first-order valence-corrected chi connectivity index (χ1v) is 41.2. The number of phenolic OH excluding ortho intramolecular Hbond substituents is 1. The Balaban J connectivity index is 1.73. The van der Waals surface area contributed by atoms with Gasteiger partial charge in [0.25, 0.3) is 11.8 Å². The molecule has 0 spiro atoms. The number of benzene rings is 3. The van der Waals surface area contributed by atoms with Crippen LogP contribution in [0.1, 0.15) is 153 Å². The third-order valence-electron chi connectivity index (χ3n) is 20.0. The number of amides is 17. The highest BCUT2D eigenvalue weighted by Gasteiger charge is 2.39. The smallest absolute Gasteiger partial charge is 0.313 e. The number of anilines is 1. The van der Waals surface area contributed by atoms with Crippen LogP contribution in [0.5, 0.6) is 11.5 Å². The van der Waals surface area contributed by atoms with Gasteiger partial charge < -0.3 is 128 Å². The van der Waals surface area contributed by atoms with Crippen molar-refractivity contribution in [1.82, 2.24) is 80.0 Å². The fourth-order valence-electron chi connectivity index (χ4n) is 12.7. The van der Waals surface area contributed by atoms with E-state index in [9.17, 15) is 102 Å². The van der Waals surface area contributed by atoms with E-state index >= 15 is 0 Å². The quantitative estimate of drug-likeness (QED) is 0.0310. The molecule has 1 aliphatic rings. The van der Waals surface area contributed by atoms with E-state index in [1.165, 1.54) is 43.5 Å². The summed E-state index contributed by atoms with van der Waals surface area (Å²) in [7, 11) is 1.22. The van der Waals surface area contributed by atoms with E-state index in [2.05, 4.69) is 85.3 Å². The molecule has 0 saturated heterocycles. The summed E-state index contributed by atoms with van der Waals surface area (Å²) in [5, 5.41) is 76.3. The number of fused-ring (bicyclic) bond motifs is 2. The highest BCUT2D eigenvalue weighted by Crippen LogP contribution is 2.24. The largest absolute Gasteiger partial charge is 0.508 e. The predicted octanol–water partition coefficient (Wildman–Crippen LogP) is -6.37. The Morgan fingerprint density at radius 2 is 0.919 bits per heavy atom. The number of aliphatic hydroxyl groups excluding tert-OH is 3. The molecule has 0 fully saturated rings. The van der Waals surface area contributed by atoms with Crippen molar-refractivity contribution in [3.8, 4) is 11.5 Å². The van der Waals surface area contributed by atoms with Crippen molar-refractivity contribution in [1.29, 1.82) is 0 Å². The van der Waals surface area contributed by atoms with E-state index in [-0.39, 0.29) is 113 Å². The molecule has 1 aliphatic heterocycles. The Labute approximate surface area is 718 Å². The molecule has 0 radical (unpaired) electrons. The second kappa shape index (κ2) is 53.8. The summed E-state index contributed by atoms with van der Waals surface area (Å²) >= 11 is 0. The van der Waals surface area contributed by atoms with Crippen molar-refractivity contribution in [3.63, 3.8) is 0 Å². The normalized spacial score (nSPS) is 24.5. The Bertz CT molecular complexity index is 4110. The van der Waals surface area contributed by atoms with Gasteiger partial charge in [0.1, 0.15) is 78.0 Å². The number of carbonyl (C=O) groups is 17. The molecule has 17 amide bonds. The lowest BCUT2D eigenvalue weighted by atomic mass is 9.96. The molecule has 686 valence electrons. The van der Waals surface area contributed by atoms with Gasteiger partial charge in [-0.15, -0.1) is 0 Å². The minimum atomic E-state index is -2.01. The third kappa shape index (κ3) is 35.4. The molecule has 15 atom stereocenters. The van der Waals surface area contributed by atoms with Crippen LogP contribution in [0, 0.1) is 17.8 Å². The lowest BCUT2D eigenvalue weighted by molar-refractivity contribution is -0.138.